The number of allylic oxidation sites excluding steroid dienone is 4. The first-order chi connectivity index (χ1) is 7.24. The molecule has 0 aromatic heterocycles. The Morgan fingerprint density at radius 3 is 2.12 bits per heavy atom. The highest BCUT2D eigenvalue weighted by atomic mass is 14.3. The van der Waals surface area contributed by atoms with E-state index in [9.17, 15) is 0 Å². The zero-order valence-corrected chi connectivity index (χ0v) is 11.6. The Bertz CT molecular complexity index is 334. The molecule has 90 valence electrons. The van der Waals surface area contributed by atoms with Crippen LogP contribution in [0.15, 0.2) is 35.5 Å². The quantitative estimate of drug-likeness (QED) is 0.602. The van der Waals surface area contributed by atoms with Crippen molar-refractivity contribution in [2.24, 2.45) is 11.3 Å². The minimum atomic E-state index is 0.462. The first kappa shape index (κ1) is 13.3. The Morgan fingerprint density at radius 2 is 1.69 bits per heavy atom. The summed E-state index contributed by atoms with van der Waals surface area (Å²) in [5, 5.41) is 0. The van der Waals surface area contributed by atoms with Gasteiger partial charge in [0.1, 0.15) is 0 Å². The molecule has 0 aliphatic heterocycles. The summed E-state index contributed by atoms with van der Waals surface area (Å²) >= 11 is 0. The van der Waals surface area contributed by atoms with Crippen molar-refractivity contribution in [3.8, 4) is 0 Å². The largest absolute Gasteiger partial charge is 0.0909 e. The Hall–Kier alpha value is -0.780. The third-order valence-corrected chi connectivity index (χ3v) is 3.60. The van der Waals surface area contributed by atoms with E-state index in [4.69, 9.17) is 0 Å². The topological polar surface area (TPSA) is 0 Å². The summed E-state index contributed by atoms with van der Waals surface area (Å²) in [6.07, 6.45) is 3.88. The maximum absolute atomic E-state index is 4.09. The average Bonchev–Trinajstić information content (AvgIpc) is 2.15. The lowest BCUT2D eigenvalue weighted by atomic mass is 9.73. The second kappa shape index (κ2) is 4.61. The summed E-state index contributed by atoms with van der Waals surface area (Å²) in [4.78, 5) is 0. The van der Waals surface area contributed by atoms with Crippen LogP contribution in [-0.4, -0.2) is 0 Å². The van der Waals surface area contributed by atoms with E-state index in [1.807, 2.05) is 0 Å². The molecule has 0 fully saturated rings. The van der Waals surface area contributed by atoms with Crippen molar-refractivity contribution in [1.29, 1.82) is 0 Å². The smallest absolute Gasteiger partial charge is 0.0182 e. The molecule has 0 heteroatoms. The minimum Gasteiger partial charge on any atom is -0.0909 e. The Labute approximate surface area is 101 Å². The molecule has 0 aromatic carbocycles. The van der Waals surface area contributed by atoms with Crippen LogP contribution in [0.1, 0.15) is 53.9 Å². The molecular weight excluding hydrogens is 192 g/mol. The van der Waals surface area contributed by atoms with Gasteiger partial charge in [-0.2, -0.15) is 0 Å². The van der Waals surface area contributed by atoms with Gasteiger partial charge >= 0.3 is 0 Å². The van der Waals surface area contributed by atoms with Crippen molar-refractivity contribution < 1.29 is 0 Å². The standard InChI is InChI=1S/C16H26/c1-11(9-8-10-16(5,6)7)15-13(3)12(2)14(15)4/h11H,2-3,8-10H2,1,4-7H3. The maximum Gasteiger partial charge on any atom is -0.0182 e. The van der Waals surface area contributed by atoms with Crippen molar-refractivity contribution >= 4 is 0 Å². The summed E-state index contributed by atoms with van der Waals surface area (Å²) in [6.45, 7) is 19.5. The van der Waals surface area contributed by atoms with E-state index < -0.39 is 0 Å². The highest BCUT2D eigenvalue weighted by molar-refractivity contribution is 5.67. The molecule has 0 saturated heterocycles. The maximum atomic E-state index is 4.09. The lowest BCUT2D eigenvalue weighted by Crippen LogP contribution is -2.16. The molecule has 0 bridgehead atoms. The fourth-order valence-corrected chi connectivity index (χ4v) is 2.47. The molecule has 1 aliphatic rings. The molecule has 0 nitrogen and oxygen atoms in total. The zero-order valence-electron chi connectivity index (χ0n) is 11.6. The van der Waals surface area contributed by atoms with Crippen LogP contribution < -0.4 is 0 Å². The third kappa shape index (κ3) is 2.87. The summed E-state index contributed by atoms with van der Waals surface area (Å²) in [5.41, 5.74) is 5.68. The van der Waals surface area contributed by atoms with E-state index in [1.165, 1.54) is 36.0 Å². The molecule has 0 saturated carbocycles. The zero-order chi connectivity index (χ0) is 12.5. The molecular formula is C16H26. The summed E-state index contributed by atoms with van der Waals surface area (Å²) in [7, 11) is 0. The van der Waals surface area contributed by atoms with Crippen molar-refractivity contribution in [2.45, 2.75) is 53.9 Å². The van der Waals surface area contributed by atoms with Gasteiger partial charge in [0, 0.05) is 0 Å². The molecule has 0 aromatic rings. The van der Waals surface area contributed by atoms with Gasteiger partial charge in [-0.15, -0.1) is 0 Å². The Balaban J connectivity index is 2.46. The van der Waals surface area contributed by atoms with Crippen LogP contribution in [0.2, 0.25) is 0 Å². The minimum absolute atomic E-state index is 0.462. The highest BCUT2D eigenvalue weighted by Gasteiger charge is 2.26. The van der Waals surface area contributed by atoms with E-state index >= 15 is 0 Å². The number of hydrogen-bond donors (Lipinski definition) is 0. The monoisotopic (exact) mass is 218 g/mol. The molecule has 0 N–H and O–H groups in total. The SMILES string of the molecule is C=C1C(=C)C(C(C)CCCC(C)(C)C)=C1C. The summed E-state index contributed by atoms with van der Waals surface area (Å²) < 4.78 is 0. The molecule has 1 rings (SSSR count). The van der Waals surface area contributed by atoms with Gasteiger partial charge in [-0.05, 0) is 53.4 Å². The highest BCUT2D eigenvalue weighted by Crippen LogP contribution is 2.43. The van der Waals surface area contributed by atoms with Gasteiger partial charge in [-0.3, -0.25) is 0 Å². The van der Waals surface area contributed by atoms with Crippen molar-refractivity contribution in [3.63, 3.8) is 0 Å². The van der Waals surface area contributed by atoms with Crippen LogP contribution in [0.5, 0.6) is 0 Å². The van der Waals surface area contributed by atoms with E-state index in [2.05, 4.69) is 47.8 Å². The van der Waals surface area contributed by atoms with Crippen LogP contribution in [0.4, 0.5) is 0 Å². The van der Waals surface area contributed by atoms with E-state index in [0.717, 1.165) is 5.57 Å². The van der Waals surface area contributed by atoms with E-state index in [-0.39, 0.29) is 0 Å². The average molecular weight is 218 g/mol. The third-order valence-electron chi connectivity index (χ3n) is 3.60. The molecule has 1 atom stereocenters. The predicted octanol–water partition coefficient (Wildman–Crippen LogP) is 5.28. The van der Waals surface area contributed by atoms with Gasteiger partial charge < -0.3 is 0 Å². The molecule has 0 amide bonds. The van der Waals surface area contributed by atoms with Gasteiger partial charge in [0.05, 0.1) is 0 Å². The van der Waals surface area contributed by atoms with Crippen molar-refractivity contribution in [2.75, 3.05) is 0 Å². The number of hydrogen-bond acceptors (Lipinski definition) is 0. The fourth-order valence-electron chi connectivity index (χ4n) is 2.47. The van der Waals surface area contributed by atoms with Crippen LogP contribution in [0, 0.1) is 11.3 Å². The Morgan fingerprint density at radius 1 is 1.12 bits per heavy atom. The molecule has 0 spiro atoms. The Kier molecular flexibility index (Phi) is 3.83. The normalized spacial score (nSPS) is 18.8. The molecule has 0 radical (unpaired) electrons. The van der Waals surface area contributed by atoms with Gasteiger partial charge in [0.2, 0.25) is 0 Å². The van der Waals surface area contributed by atoms with Crippen LogP contribution in [-0.2, 0) is 0 Å². The van der Waals surface area contributed by atoms with Crippen LogP contribution in [0.3, 0.4) is 0 Å². The van der Waals surface area contributed by atoms with Crippen molar-refractivity contribution in [3.05, 3.63) is 35.5 Å². The first-order valence-electron chi connectivity index (χ1n) is 6.33. The second-order valence-electron chi connectivity index (χ2n) is 6.35. The first-order valence-corrected chi connectivity index (χ1v) is 6.33. The predicted molar refractivity (Wildman–Crippen MR) is 73.5 cm³/mol. The molecule has 0 heterocycles. The summed E-state index contributed by atoms with van der Waals surface area (Å²) in [5.74, 6) is 0.653. The summed E-state index contributed by atoms with van der Waals surface area (Å²) in [6, 6.07) is 0. The second-order valence-corrected chi connectivity index (χ2v) is 6.35. The molecule has 1 unspecified atom stereocenters. The lowest BCUT2D eigenvalue weighted by molar-refractivity contribution is 0.350. The number of rotatable bonds is 4. The van der Waals surface area contributed by atoms with E-state index in [0.29, 0.717) is 11.3 Å². The molecule has 16 heavy (non-hydrogen) atoms. The van der Waals surface area contributed by atoms with Crippen LogP contribution in [0.25, 0.3) is 0 Å². The van der Waals surface area contributed by atoms with Crippen molar-refractivity contribution in [1.82, 2.24) is 0 Å². The van der Waals surface area contributed by atoms with Gasteiger partial charge in [0.15, 0.2) is 0 Å². The van der Waals surface area contributed by atoms with Gasteiger partial charge in [-0.1, -0.05) is 47.3 Å². The van der Waals surface area contributed by atoms with Gasteiger partial charge in [-0.25, -0.2) is 0 Å². The molecule has 1 aliphatic carbocycles. The van der Waals surface area contributed by atoms with Crippen LogP contribution >= 0.6 is 0 Å². The fraction of sp³-hybridized carbons (Fsp3) is 0.625. The van der Waals surface area contributed by atoms with Gasteiger partial charge in [0.25, 0.3) is 0 Å². The van der Waals surface area contributed by atoms with E-state index in [1.54, 1.807) is 0 Å². The lowest BCUT2D eigenvalue weighted by Gasteiger charge is -2.32.